The first-order valence-corrected chi connectivity index (χ1v) is 7.12. The third kappa shape index (κ3) is 5.14. The molecular formula is C16H17FN4O2. The lowest BCUT2D eigenvalue weighted by molar-refractivity contribution is -0.120. The van der Waals surface area contributed by atoms with Crippen LogP contribution in [0, 0.1) is 12.7 Å². The van der Waals surface area contributed by atoms with Crippen molar-refractivity contribution >= 4 is 11.8 Å². The molecule has 0 spiro atoms. The second kappa shape index (κ2) is 7.98. The fourth-order valence-electron chi connectivity index (χ4n) is 1.98. The van der Waals surface area contributed by atoms with Gasteiger partial charge in [0.1, 0.15) is 12.1 Å². The van der Waals surface area contributed by atoms with E-state index in [0.29, 0.717) is 16.8 Å². The van der Waals surface area contributed by atoms with E-state index >= 15 is 0 Å². The van der Waals surface area contributed by atoms with E-state index < -0.39 is 0 Å². The quantitative estimate of drug-likeness (QED) is 0.779. The van der Waals surface area contributed by atoms with Gasteiger partial charge in [-0.05, 0) is 24.6 Å². The second-order valence-corrected chi connectivity index (χ2v) is 4.93. The summed E-state index contributed by atoms with van der Waals surface area (Å²) in [5.41, 5.74) is 1.59. The van der Waals surface area contributed by atoms with Crippen LogP contribution in [0.25, 0.3) is 0 Å². The third-order valence-corrected chi connectivity index (χ3v) is 3.14. The molecule has 1 heterocycles. The Kier molecular flexibility index (Phi) is 5.74. The molecule has 2 aromatic rings. The van der Waals surface area contributed by atoms with Gasteiger partial charge in [0.25, 0.3) is 5.91 Å². The smallest absolute Gasteiger partial charge is 0.254 e. The van der Waals surface area contributed by atoms with Gasteiger partial charge < -0.3 is 10.6 Å². The average molecular weight is 316 g/mol. The zero-order valence-corrected chi connectivity index (χ0v) is 12.7. The predicted molar refractivity (Wildman–Crippen MR) is 82.2 cm³/mol. The number of aryl methyl sites for hydroxylation is 1. The van der Waals surface area contributed by atoms with Crippen LogP contribution in [-0.4, -0.2) is 34.9 Å². The Morgan fingerprint density at radius 3 is 2.74 bits per heavy atom. The number of halogens is 1. The molecule has 2 rings (SSSR count). The van der Waals surface area contributed by atoms with Crippen LogP contribution in [0.3, 0.4) is 0 Å². The van der Waals surface area contributed by atoms with E-state index in [4.69, 9.17) is 0 Å². The Morgan fingerprint density at radius 2 is 2.00 bits per heavy atom. The summed E-state index contributed by atoms with van der Waals surface area (Å²) in [4.78, 5) is 31.4. The van der Waals surface area contributed by atoms with Crippen LogP contribution in [0.5, 0.6) is 0 Å². The largest absolute Gasteiger partial charge is 0.354 e. The van der Waals surface area contributed by atoms with E-state index in [2.05, 4.69) is 20.6 Å². The van der Waals surface area contributed by atoms with Crippen molar-refractivity contribution in [2.24, 2.45) is 0 Å². The highest BCUT2D eigenvalue weighted by Crippen LogP contribution is 2.04. The number of aromatic nitrogens is 2. The Morgan fingerprint density at radius 1 is 1.22 bits per heavy atom. The van der Waals surface area contributed by atoms with Crippen LogP contribution in [0.15, 0.2) is 36.8 Å². The Bertz CT molecular complexity index is 706. The molecule has 2 amide bonds. The molecule has 0 saturated carbocycles. The van der Waals surface area contributed by atoms with E-state index in [-0.39, 0.29) is 37.1 Å². The van der Waals surface area contributed by atoms with Crippen molar-refractivity contribution in [3.05, 3.63) is 59.4 Å². The van der Waals surface area contributed by atoms with E-state index in [0.717, 1.165) is 0 Å². The van der Waals surface area contributed by atoms with Crippen molar-refractivity contribution in [3.8, 4) is 0 Å². The summed E-state index contributed by atoms with van der Waals surface area (Å²) in [6, 6.07) is 5.89. The standard InChI is InChI=1S/C16H17FN4O2/c1-11-14(9-18-10-21-11)16(23)20-6-5-19-15(22)8-12-3-2-4-13(17)7-12/h2-4,7,9-10H,5-6,8H2,1H3,(H,19,22)(H,20,23). The summed E-state index contributed by atoms with van der Waals surface area (Å²) in [5.74, 6) is -0.894. The van der Waals surface area contributed by atoms with Gasteiger partial charge in [0.15, 0.2) is 0 Å². The van der Waals surface area contributed by atoms with Crippen molar-refractivity contribution in [3.63, 3.8) is 0 Å². The maximum absolute atomic E-state index is 13.0. The van der Waals surface area contributed by atoms with Gasteiger partial charge in [0.2, 0.25) is 5.91 Å². The minimum absolute atomic E-state index is 0.0946. The van der Waals surface area contributed by atoms with E-state index in [1.165, 1.54) is 24.7 Å². The van der Waals surface area contributed by atoms with Gasteiger partial charge in [-0.1, -0.05) is 12.1 Å². The number of carbonyl (C=O) groups excluding carboxylic acids is 2. The molecule has 0 aliphatic carbocycles. The lowest BCUT2D eigenvalue weighted by atomic mass is 10.1. The van der Waals surface area contributed by atoms with E-state index in [9.17, 15) is 14.0 Å². The zero-order chi connectivity index (χ0) is 16.7. The monoisotopic (exact) mass is 316 g/mol. The fraction of sp³-hybridized carbons (Fsp3) is 0.250. The van der Waals surface area contributed by atoms with Gasteiger partial charge in [-0.2, -0.15) is 0 Å². The van der Waals surface area contributed by atoms with Crippen molar-refractivity contribution in [1.29, 1.82) is 0 Å². The highest BCUT2D eigenvalue weighted by atomic mass is 19.1. The Hall–Kier alpha value is -2.83. The molecule has 120 valence electrons. The maximum atomic E-state index is 13.0. The lowest BCUT2D eigenvalue weighted by Gasteiger charge is -2.08. The molecule has 2 N–H and O–H groups in total. The zero-order valence-electron chi connectivity index (χ0n) is 12.7. The molecule has 6 nitrogen and oxygen atoms in total. The van der Waals surface area contributed by atoms with E-state index in [1.807, 2.05) is 0 Å². The molecule has 0 atom stereocenters. The Labute approximate surface area is 133 Å². The molecule has 0 aliphatic rings. The van der Waals surface area contributed by atoms with Crippen molar-refractivity contribution < 1.29 is 14.0 Å². The number of hydrogen-bond donors (Lipinski definition) is 2. The molecule has 1 aromatic carbocycles. The van der Waals surface area contributed by atoms with Crippen molar-refractivity contribution in [2.75, 3.05) is 13.1 Å². The van der Waals surface area contributed by atoms with Crippen LogP contribution >= 0.6 is 0 Å². The van der Waals surface area contributed by atoms with Crippen LogP contribution in [-0.2, 0) is 11.2 Å². The molecule has 0 saturated heterocycles. The first-order chi connectivity index (χ1) is 11.1. The second-order valence-electron chi connectivity index (χ2n) is 4.93. The minimum atomic E-state index is -0.372. The Balaban J connectivity index is 1.72. The summed E-state index contributed by atoms with van der Waals surface area (Å²) in [5, 5.41) is 5.34. The molecule has 23 heavy (non-hydrogen) atoms. The number of benzene rings is 1. The summed E-state index contributed by atoms with van der Waals surface area (Å²) in [6.07, 6.45) is 2.91. The van der Waals surface area contributed by atoms with Crippen LogP contribution < -0.4 is 10.6 Å². The number of amides is 2. The van der Waals surface area contributed by atoms with Crippen LogP contribution in [0.4, 0.5) is 4.39 Å². The first-order valence-electron chi connectivity index (χ1n) is 7.12. The van der Waals surface area contributed by atoms with Crippen molar-refractivity contribution in [2.45, 2.75) is 13.3 Å². The summed E-state index contributed by atoms with van der Waals surface area (Å²) < 4.78 is 13.0. The summed E-state index contributed by atoms with van der Waals surface area (Å²) in [6.45, 7) is 2.28. The summed E-state index contributed by atoms with van der Waals surface area (Å²) in [7, 11) is 0. The van der Waals surface area contributed by atoms with Crippen molar-refractivity contribution in [1.82, 2.24) is 20.6 Å². The fourth-order valence-corrected chi connectivity index (χ4v) is 1.98. The topological polar surface area (TPSA) is 84.0 Å². The van der Waals surface area contributed by atoms with Gasteiger partial charge >= 0.3 is 0 Å². The number of rotatable bonds is 6. The number of carbonyl (C=O) groups is 2. The average Bonchev–Trinajstić information content (AvgIpc) is 2.52. The minimum Gasteiger partial charge on any atom is -0.354 e. The van der Waals surface area contributed by atoms with Crippen LogP contribution in [0.2, 0.25) is 0 Å². The number of nitrogens with zero attached hydrogens (tertiary/aromatic N) is 2. The lowest BCUT2D eigenvalue weighted by Crippen LogP contribution is -2.35. The molecule has 0 aliphatic heterocycles. The normalized spacial score (nSPS) is 10.2. The number of nitrogens with one attached hydrogen (secondary N) is 2. The van der Waals surface area contributed by atoms with Gasteiger partial charge in [-0.25, -0.2) is 14.4 Å². The SMILES string of the molecule is Cc1ncncc1C(=O)NCCNC(=O)Cc1cccc(F)c1. The molecular weight excluding hydrogens is 299 g/mol. The molecule has 0 unspecified atom stereocenters. The van der Waals surface area contributed by atoms with Gasteiger partial charge in [-0.15, -0.1) is 0 Å². The molecule has 0 bridgehead atoms. The van der Waals surface area contributed by atoms with Gasteiger partial charge in [-0.3, -0.25) is 9.59 Å². The molecule has 1 aromatic heterocycles. The first kappa shape index (κ1) is 16.5. The van der Waals surface area contributed by atoms with Gasteiger partial charge in [0, 0.05) is 19.3 Å². The van der Waals surface area contributed by atoms with Gasteiger partial charge in [0.05, 0.1) is 17.7 Å². The number of hydrogen-bond acceptors (Lipinski definition) is 4. The summed E-state index contributed by atoms with van der Waals surface area (Å²) >= 11 is 0. The van der Waals surface area contributed by atoms with E-state index in [1.54, 1.807) is 19.1 Å². The maximum Gasteiger partial charge on any atom is 0.254 e. The third-order valence-electron chi connectivity index (χ3n) is 3.14. The predicted octanol–water partition coefficient (Wildman–Crippen LogP) is 1.01. The molecule has 0 radical (unpaired) electrons. The molecule has 0 fully saturated rings. The highest BCUT2D eigenvalue weighted by Gasteiger charge is 2.09. The van der Waals surface area contributed by atoms with Crippen LogP contribution in [0.1, 0.15) is 21.6 Å². The highest BCUT2D eigenvalue weighted by molar-refractivity contribution is 5.94. The molecule has 7 heteroatoms.